The van der Waals surface area contributed by atoms with Crippen LogP contribution >= 0.6 is 11.6 Å². The number of hydrogen-bond acceptors (Lipinski definition) is 5. The van der Waals surface area contributed by atoms with Crippen molar-refractivity contribution >= 4 is 23.2 Å². The highest BCUT2D eigenvalue weighted by Gasteiger charge is 2.22. The number of carbonyl (C=O) groups excluding carboxylic acids is 1. The van der Waals surface area contributed by atoms with Gasteiger partial charge in [-0.3, -0.25) is 9.69 Å². The summed E-state index contributed by atoms with van der Waals surface area (Å²) in [5, 5.41) is 6.85. The first-order chi connectivity index (χ1) is 15.1. The minimum atomic E-state index is -0.497. The highest BCUT2D eigenvalue weighted by molar-refractivity contribution is 6.31. The number of nitrogens with zero attached hydrogens (tertiary/aromatic N) is 3. The lowest BCUT2D eigenvalue weighted by Crippen LogP contribution is -2.33. The summed E-state index contributed by atoms with van der Waals surface area (Å²) in [4.78, 5) is 19.0. The van der Waals surface area contributed by atoms with Gasteiger partial charge in [-0.05, 0) is 56.5 Å². The molecule has 0 radical (unpaired) electrons. The fourth-order valence-electron chi connectivity index (χ4n) is 3.78. The molecule has 4 rings (SSSR count). The zero-order valence-electron chi connectivity index (χ0n) is 17.1. The maximum atomic E-state index is 13.2. The summed E-state index contributed by atoms with van der Waals surface area (Å²) in [5.41, 5.74) is 1.46. The van der Waals surface area contributed by atoms with Gasteiger partial charge in [-0.2, -0.15) is 4.98 Å². The van der Waals surface area contributed by atoms with Crippen LogP contribution in [0.3, 0.4) is 0 Å². The van der Waals surface area contributed by atoms with Gasteiger partial charge in [0.25, 0.3) is 0 Å². The smallest absolute Gasteiger partial charge is 0.241 e. The Balaban J connectivity index is 1.19. The third-order valence-corrected chi connectivity index (χ3v) is 5.84. The van der Waals surface area contributed by atoms with E-state index in [0.717, 1.165) is 37.9 Å². The van der Waals surface area contributed by atoms with Crippen LogP contribution in [0.2, 0.25) is 5.02 Å². The summed E-state index contributed by atoms with van der Waals surface area (Å²) >= 11 is 5.75. The fourth-order valence-corrected chi connectivity index (χ4v) is 3.96. The number of hydrogen-bond donors (Lipinski definition) is 1. The highest BCUT2D eigenvalue weighted by Crippen LogP contribution is 2.24. The molecule has 0 bridgehead atoms. The van der Waals surface area contributed by atoms with Crippen LogP contribution in [0.5, 0.6) is 0 Å². The molecule has 0 saturated carbocycles. The average molecular weight is 443 g/mol. The van der Waals surface area contributed by atoms with Gasteiger partial charge in [-0.15, -0.1) is 0 Å². The number of anilines is 1. The zero-order valence-corrected chi connectivity index (χ0v) is 17.8. The Morgan fingerprint density at radius 1 is 1.19 bits per heavy atom. The number of piperidine rings is 1. The molecule has 0 spiro atoms. The van der Waals surface area contributed by atoms with Crippen molar-refractivity contribution in [3.8, 4) is 11.4 Å². The molecule has 3 aromatic rings. The molecule has 1 amide bonds. The lowest BCUT2D eigenvalue weighted by molar-refractivity contribution is -0.116. The van der Waals surface area contributed by atoms with Crippen molar-refractivity contribution in [3.05, 3.63) is 65.3 Å². The van der Waals surface area contributed by atoms with Crippen LogP contribution in [0.1, 0.15) is 31.6 Å². The molecule has 1 N–H and O–H groups in total. The lowest BCUT2D eigenvalue weighted by atomic mass is 9.92. The summed E-state index contributed by atoms with van der Waals surface area (Å²) in [7, 11) is 0. The molecule has 0 atom stereocenters. The van der Waals surface area contributed by atoms with Gasteiger partial charge in [0.05, 0.1) is 11.6 Å². The van der Waals surface area contributed by atoms with E-state index in [4.69, 9.17) is 16.1 Å². The molecule has 162 valence electrons. The van der Waals surface area contributed by atoms with Crippen molar-refractivity contribution in [1.29, 1.82) is 0 Å². The quantitative estimate of drug-likeness (QED) is 0.547. The predicted octanol–water partition coefficient (Wildman–Crippen LogP) is 5.16. The van der Waals surface area contributed by atoms with Gasteiger partial charge in [0.1, 0.15) is 5.82 Å². The third kappa shape index (κ3) is 5.89. The Kier molecular flexibility index (Phi) is 6.94. The van der Waals surface area contributed by atoms with Crippen molar-refractivity contribution in [1.82, 2.24) is 15.0 Å². The van der Waals surface area contributed by atoms with E-state index in [1.165, 1.54) is 18.2 Å². The Morgan fingerprint density at radius 3 is 2.71 bits per heavy atom. The molecule has 0 unspecified atom stereocenters. The first-order valence-electron chi connectivity index (χ1n) is 10.4. The van der Waals surface area contributed by atoms with Crippen LogP contribution in [-0.2, 0) is 11.3 Å². The van der Waals surface area contributed by atoms with E-state index in [0.29, 0.717) is 36.3 Å². The van der Waals surface area contributed by atoms with Crippen LogP contribution in [0.25, 0.3) is 11.4 Å². The Bertz CT molecular complexity index is 1020. The molecule has 2 heterocycles. The second-order valence-electron chi connectivity index (χ2n) is 7.81. The van der Waals surface area contributed by atoms with E-state index < -0.39 is 5.82 Å². The average Bonchev–Trinajstić information content (AvgIpc) is 3.25. The number of halogens is 2. The van der Waals surface area contributed by atoms with Crippen molar-refractivity contribution in [2.75, 3.05) is 18.4 Å². The zero-order chi connectivity index (χ0) is 21.6. The maximum Gasteiger partial charge on any atom is 0.241 e. The SMILES string of the molecule is O=C(CCC1CCN(Cc2nc(-c3ccccc3)no2)CC1)Nc1ccc(F)c(Cl)c1. The maximum absolute atomic E-state index is 13.2. The number of amides is 1. The third-order valence-electron chi connectivity index (χ3n) is 5.55. The minimum absolute atomic E-state index is 0.00214. The monoisotopic (exact) mass is 442 g/mol. The number of likely N-dealkylation sites (tertiary alicyclic amines) is 1. The first-order valence-corrected chi connectivity index (χ1v) is 10.8. The first kappa shape index (κ1) is 21.5. The van der Waals surface area contributed by atoms with Gasteiger partial charge in [-0.1, -0.05) is 47.1 Å². The van der Waals surface area contributed by atoms with Crippen LogP contribution in [-0.4, -0.2) is 34.0 Å². The van der Waals surface area contributed by atoms with Crippen molar-refractivity contribution in [2.24, 2.45) is 5.92 Å². The molecule has 1 saturated heterocycles. The number of benzene rings is 2. The molecule has 31 heavy (non-hydrogen) atoms. The van der Waals surface area contributed by atoms with Gasteiger partial charge in [0, 0.05) is 17.7 Å². The Morgan fingerprint density at radius 2 is 1.97 bits per heavy atom. The van der Waals surface area contributed by atoms with E-state index in [-0.39, 0.29) is 10.9 Å². The second-order valence-corrected chi connectivity index (χ2v) is 8.22. The molecule has 8 heteroatoms. The number of carbonyl (C=O) groups is 1. The second kappa shape index (κ2) is 10.0. The van der Waals surface area contributed by atoms with Gasteiger partial charge >= 0.3 is 0 Å². The topological polar surface area (TPSA) is 71.3 Å². The molecular weight excluding hydrogens is 419 g/mol. The van der Waals surface area contributed by atoms with E-state index in [9.17, 15) is 9.18 Å². The van der Waals surface area contributed by atoms with Gasteiger partial charge < -0.3 is 9.84 Å². The van der Waals surface area contributed by atoms with Gasteiger partial charge in [0.15, 0.2) is 0 Å². The largest absolute Gasteiger partial charge is 0.338 e. The van der Waals surface area contributed by atoms with E-state index in [1.54, 1.807) is 0 Å². The Labute approximate surface area is 185 Å². The van der Waals surface area contributed by atoms with E-state index >= 15 is 0 Å². The van der Waals surface area contributed by atoms with Gasteiger partial charge in [0.2, 0.25) is 17.6 Å². The summed E-state index contributed by atoms with van der Waals surface area (Å²) in [5.74, 6) is 1.16. The van der Waals surface area contributed by atoms with Crippen LogP contribution in [0.4, 0.5) is 10.1 Å². The molecule has 1 aromatic heterocycles. The van der Waals surface area contributed by atoms with E-state index in [1.807, 2.05) is 30.3 Å². The fraction of sp³-hybridized carbons (Fsp3) is 0.348. The number of rotatable bonds is 7. The van der Waals surface area contributed by atoms with Crippen molar-refractivity contribution < 1.29 is 13.7 Å². The predicted molar refractivity (Wildman–Crippen MR) is 117 cm³/mol. The van der Waals surface area contributed by atoms with Crippen molar-refractivity contribution in [3.63, 3.8) is 0 Å². The summed E-state index contributed by atoms with van der Waals surface area (Å²) in [6.07, 6.45) is 3.31. The van der Waals surface area contributed by atoms with E-state index in [2.05, 4.69) is 20.4 Å². The van der Waals surface area contributed by atoms with Gasteiger partial charge in [-0.25, -0.2) is 4.39 Å². The molecular formula is C23H24ClFN4O2. The molecule has 2 aromatic carbocycles. The summed E-state index contributed by atoms with van der Waals surface area (Å²) in [6.45, 7) is 2.50. The Hall–Kier alpha value is -2.77. The van der Waals surface area contributed by atoms with Crippen LogP contribution < -0.4 is 5.32 Å². The molecule has 0 aliphatic carbocycles. The van der Waals surface area contributed by atoms with Crippen LogP contribution in [0, 0.1) is 11.7 Å². The standard InChI is InChI=1S/C23H24ClFN4O2/c24-19-14-18(7-8-20(19)25)26-21(30)9-6-16-10-12-29(13-11-16)15-22-27-23(28-31-22)17-4-2-1-3-5-17/h1-5,7-8,14,16H,6,9-13,15H2,(H,26,30). The highest BCUT2D eigenvalue weighted by atomic mass is 35.5. The number of aromatic nitrogens is 2. The minimum Gasteiger partial charge on any atom is -0.338 e. The molecule has 1 aliphatic heterocycles. The summed E-state index contributed by atoms with van der Waals surface area (Å²) in [6, 6.07) is 14.0. The molecule has 1 fully saturated rings. The molecule has 1 aliphatic rings. The summed E-state index contributed by atoms with van der Waals surface area (Å²) < 4.78 is 18.6. The van der Waals surface area contributed by atoms with Crippen molar-refractivity contribution in [2.45, 2.75) is 32.2 Å². The van der Waals surface area contributed by atoms with Crippen LogP contribution in [0.15, 0.2) is 53.1 Å². The normalized spacial score (nSPS) is 15.2. The molecule has 6 nitrogen and oxygen atoms in total. The number of nitrogens with one attached hydrogen (secondary N) is 1. The lowest BCUT2D eigenvalue weighted by Gasteiger charge is -2.30.